The Hall–Kier alpha value is -0.380. The molecule has 0 amide bonds. The lowest BCUT2D eigenvalue weighted by Gasteiger charge is -2.05. The summed E-state index contributed by atoms with van der Waals surface area (Å²) in [5.74, 6) is 0. The molecule has 1 aromatic rings. The van der Waals surface area contributed by atoms with Gasteiger partial charge in [-0.15, -0.1) is 0 Å². The average Bonchev–Trinajstić information content (AvgIpc) is 2.55. The largest absolute Gasteiger partial charge is 0.393 e. The Morgan fingerprint density at radius 1 is 1.54 bits per heavy atom. The lowest BCUT2D eigenvalue weighted by atomic mass is 10.2. The van der Waals surface area contributed by atoms with Gasteiger partial charge in [-0.1, -0.05) is 0 Å². The minimum absolute atomic E-state index is 0.186. The molecule has 2 N–H and O–H groups in total. The van der Waals surface area contributed by atoms with E-state index in [0.717, 1.165) is 25.9 Å². The fourth-order valence-electron chi connectivity index (χ4n) is 1.10. The van der Waals surface area contributed by atoms with Crippen molar-refractivity contribution >= 4 is 11.3 Å². The summed E-state index contributed by atoms with van der Waals surface area (Å²) in [5.41, 5.74) is 1.40. The van der Waals surface area contributed by atoms with Crippen molar-refractivity contribution < 1.29 is 5.11 Å². The van der Waals surface area contributed by atoms with Crippen LogP contribution in [0, 0.1) is 0 Å². The maximum absolute atomic E-state index is 9.00. The predicted octanol–water partition coefficient (Wildman–Crippen LogP) is 1.65. The molecule has 0 aromatic carbocycles. The number of hydrogen-bond donors (Lipinski definition) is 2. The maximum Gasteiger partial charge on any atom is 0.0524 e. The van der Waals surface area contributed by atoms with Gasteiger partial charge in [0.25, 0.3) is 0 Å². The fourth-order valence-corrected chi connectivity index (χ4v) is 1.81. The first-order chi connectivity index (χ1) is 6.29. The third kappa shape index (κ3) is 5.03. The molecule has 0 radical (unpaired) electrons. The molecule has 0 spiro atoms. The monoisotopic (exact) mass is 199 g/mol. The molecule has 74 valence electrons. The first-order valence-corrected chi connectivity index (χ1v) is 5.63. The van der Waals surface area contributed by atoms with E-state index >= 15 is 0 Å². The molecule has 13 heavy (non-hydrogen) atoms. The number of aliphatic hydroxyl groups is 1. The molecule has 0 aliphatic heterocycles. The van der Waals surface area contributed by atoms with E-state index in [1.807, 2.05) is 6.92 Å². The van der Waals surface area contributed by atoms with Crippen LogP contribution >= 0.6 is 11.3 Å². The zero-order chi connectivity index (χ0) is 9.52. The predicted molar refractivity (Wildman–Crippen MR) is 57.2 cm³/mol. The van der Waals surface area contributed by atoms with E-state index in [2.05, 4.69) is 22.1 Å². The summed E-state index contributed by atoms with van der Waals surface area (Å²) in [7, 11) is 0. The van der Waals surface area contributed by atoms with Crippen molar-refractivity contribution in [1.82, 2.24) is 5.32 Å². The van der Waals surface area contributed by atoms with Gasteiger partial charge in [-0.25, -0.2) is 0 Å². The quantitative estimate of drug-likeness (QED) is 0.683. The van der Waals surface area contributed by atoms with Crippen molar-refractivity contribution in [1.29, 1.82) is 0 Å². The van der Waals surface area contributed by atoms with Gasteiger partial charge in [0.2, 0.25) is 0 Å². The highest BCUT2D eigenvalue weighted by molar-refractivity contribution is 7.07. The summed E-state index contributed by atoms with van der Waals surface area (Å²) in [5, 5.41) is 16.6. The van der Waals surface area contributed by atoms with Crippen LogP contribution in [0.4, 0.5) is 0 Å². The zero-order valence-electron chi connectivity index (χ0n) is 7.99. The Morgan fingerprint density at radius 3 is 3.00 bits per heavy atom. The number of nitrogens with one attached hydrogen (secondary N) is 1. The maximum atomic E-state index is 9.00. The van der Waals surface area contributed by atoms with Gasteiger partial charge in [-0.2, -0.15) is 11.3 Å². The fraction of sp³-hybridized carbons (Fsp3) is 0.600. The molecule has 1 rings (SSSR count). The van der Waals surface area contributed by atoms with E-state index in [1.54, 1.807) is 11.3 Å². The highest BCUT2D eigenvalue weighted by Gasteiger charge is 1.95. The van der Waals surface area contributed by atoms with Gasteiger partial charge in [-0.05, 0) is 55.2 Å². The van der Waals surface area contributed by atoms with Crippen LogP contribution in [0.2, 0.25) is 0 Å². The SMILES string of the molecule is CC(O)CCNCCc1ccsc1. The molecular weight excluding hydrogens is 182 g/mol. The standard InChI is InChI=1S/C10H17NOS/c1-9(12)2-5-11-6-3-10-4-7-13-8-10/h4,7-9,11-12H,2-3,5-6H2,1H3. The van der Waals surface area contributed by atoms with Crippen LogP contribution in [-0.2, 0) is 6.42 Å². The van der Waals surface area contributed by atoms with Gasteiger partial charge >= 0.3 is 0 Å². The van der Waals surface area contributed by atoms with Crippen molar-refractivity contribution in [3.8, 4) is 0 Å². The number of thiophene rings is 1. The Morgan fingerprint density at radius 2 is 2.38 bits per heavy atom. The molecule has 0 saturated carbocycles. The van der Waals surface area contributed by atoms with E-state index < -0.39 is 0 Å². The highest BCUT2D eigenvalue weighted by Crippen LogP contribution is 2.05. The lowest BCUT2D eigenvalue weighted by molar-refractivity contribution is 0.184. The van der Waals surface area contributed by atoms with Crippen LogP contribution in [0.25, 0.3) is 0 Å². The van der Waals surface area contributed by atoms with Crippen LogP contribution in [-0.4, -0.2) is 24.3 Å². The third-order valence-corrected chi connectivity index (χ3v) is 2.64. The van der Waals surface area contributed by atoms with Crippen LogP contribution in [0.3, 0.4) is 0 Å². The minimum atomic E-state index is -0.186. The summed E-state index contributed by atoms with van der Waals surface area (Å²) >= 11 is 1.74. The Balaban J connectivity index is 1.96. The van der Waals surface area contributed by atoms with E-state index in [1.165, 1.54) is 5.56 Å². The molecule has 2 nitrogen and oxygen atoms in total. The Labute approximate surface area is 83.6 Å². The van der Waals surface area contributed by atoms with Crippen molar-refractivity contribution in [2.45, 2.75) is 25.9 Å². The second-order valence-corrected chi connectivity index (χ2v) is 4.05. The molecule has 1 unspecified atom stereocenters. The normalized spacial score (nSPS) is 13.1. The van der Waals surface area contributed by atoms with Crippen LogP contribution in [0.5, 0.6) is 0 Å². The van der Waals surface area contributed by atoms with E-state index in [4.69, 9.17) is 5.11 Å². The number of hydrogen-bond acceptors (Lipinski definition) is 3. The summed E-state index contributed by atoms with van der Waals surface area (Å²) in [4.78, 5) is 0. The van der Waals surface area contributed by atoms with E-state index in [-0.39, 0.29) is 6.10 Å². The smallest absolute Gasteiger partial charge is 0.0524 e. The van der Waals surface area contributed by atoms with Crippen LogP contribution in [0.15, 0.2) is 16.8 Å². The van der Waals surface area contributed by atoms with Gasteiger partial charge in [0.15, 0.2) is 0 Å². The molecule has 1 aromatic heterocycles. The second-order valence-electron chi connectivity index (χ2n) is 3.27. The summed E-state index contributed by atoms with van der Waals surface area (Å²) < 4.78 is 0. The molecule has 0 aliphatic rings. The van der Waals surface area contributed by atoms with E-state index in [9.17, 15) is 0 Å². The molecule has 0 saturated heterocycles. The third-order valence-electron chi connectivity index (χ3n) is 1.91. The number of rotatable bonds is 6. The van der Waals surface area contributed by atoms with Crippen molar-refractivity contribution in [3.05, 3.63) is 22.4 Å². The topological polar surface area (TPSA) is 32.3 Å². The Kier molecular flexibility index (Phi) is 5.05. The molecule has 0 aliphatic carbocycles. The molecular formula is C10H17NOS. The van der Waals surface area contributed by atoms with Crippen LogP contribution in [0.1, 0.15) is 18.9 Å². The zero-order valence-corrected chi connectivity index (χ0v) is 8.81. The summed E-state index contributed by atoms with van der Waals surface area (Å²) in [6.07, 6.45) is 1.74. The molecule has 1 atom stereocenters. The van der Waals surface area contributed by atoms with Crippen molar-refractivity contribution in [2.24, 2.45) is 0 Å². The minimum Gasteiger partial charge on any atom is -0.393 e. The molecule has 0 fully saturated rings. The van der Waals surface area contributed by atoms with Gasteiger partial charge < -0.3 is 10.4 Å². The molecule has 3 heteroatoms. The van der Waals surface area contributed by atoms with Crippen LogP contribution < -0.4 is 5.32 Å². The van der Waals surface area contributed by atoms with Crippen molar-refractivity contribution in [3.63, 3.8) is 0 Å². The van der Waals surface area contributed by atoms with E-state index in [0.29, 0.717) is 0 Å². The Bertz CT molecular complexity index is 209. The van der Waals surface area contributed by atoms with Gasteiger partial charge in [-0.3, -0.25) is 0 Å². The number of aliphatic hydroxyl groups excluding tert-OH is 1. The first kappa shape index (κ1) is 10.7. The lowest BCUT2D eigenvalue weighted by Crippen LogP contribution is -2.21. The first-order valence-electron chi connectivity index (χ1n) is 4.69. The summed E-state index contributed by atoms with van der Waals surface area (Å²) in [6.45, 7) is 3.73. The van der Waals surface area contributed by atoms with Gasteiger partial charge in [0.05, 0.1) is 6.10 Å². The molecule has 1 heterocycles. The summed E-state index contributed by atoms with van der Waals surface area (Å²) in [6, 6.07) is 2.15. The molecule has 0 bridgehead atoms. The van der Waals surface area contributed by atoms with Gasteiger partial charge in [0, 0.05) is 0 Å². The average molecular weight is 199 g/mol. The highest BCUT2D eigenvalue weighted by atomic mass is 32.1. The second kappa shape index (κ2) is 6.13. The van der Waals surface area contributed by atoms with Gasteiger partial charge in [0.1, 0.15) is 0 Å². The van der Waals surface area contributed by atoms with Crippen molar-refractivity contribution in [2.75, 3.05) is 13.1 Å².